The van der Waals surface area contributed by atoms with Crippen LogP contribution < -0.4 is 14.2 Å². The van der Waals surface area contributed by atoms with Crippen molar-refractivity contribution in [2.45, 2.75) is 18.7 Å². The van der Waals surface area contributed by atoms with E-state index in [9.17, 15) is 0 Å². The van der Waals surface area contributed by atoms with Crippen LogP contribution in [0.25, 0.3) is 90.9 Å². The van der Waals surface area contributed by atoms with E-state index in [1.165, 1.54) is 0 Å². The highest BCUT2D eigenvalue weighted by molar-refractivity contribution is 7.99. The zero-order valence-corrected chi connectivity index (χ0v) is 35.7. The van der Waals surface area contributed by atoms with Crippen LogP contribution in [-0.2, 0) is 0 Å². The van der Waals surface area contributed by atoms with Crippen LogP contribution in [0.4, 0.5) is 17.6 Å². The van der Waals surface area contributed by atoms with E-state index in [2.05, 4.69) is 9.97 Å². The first-order valence-electron chi connectivity index (χ1n) is 20.2. The van der Waals surface area contributed by atoms with E-state index in [1.807, 2.05) is 111 Å². The van der Waals surface area contributed by atoms with Gasteiger partial charge >= 0.3 is 0 Å². The third kappa shape index (κ3) is 7.65. The number of ether oxygens (including phenoxy) is 3. The van der Waals surface area contributed by atoms with Crippen LogP contribution in [0, 0.1) is 29.2 Å². The highest BCUT2D eigenvalue weighted by Crippen LogP contribution is 2.43. The van der Waals surface area contributed by atoms with Crippen molar-refractivity contribution < 1.29 is 31.8 Å². The summed E-state index contributed by atoms with van der Waals surface area (Å²) >= 11 is 0.736. The molecule has 2 aliphatic rings. The quantitative estimate of drug-likeness (QED) is 0.0809. The number of aromatic nitrogens is 4. The molecule has 7 nitrogen and oxygen atoms in total. The van der Waals surface area contributed by atoms with Gasteiger partial charge in [-0.15, -0.1) is 11.8 Å². The second kappa shape index (κ2) is 17.0. The maximum absolute atomic E-state index is 16.7. The molecule has 2 N–H and O–H groups in total. The van der Waals surface area contributed by atoms with Crippen molar-refractivity contribution in [3.05, 3.63) is 143 Å². The number of thioether (sulfide) groups is 1. The number of hydrogen-bond donors (Lipinski definition) is 2. The first-order valence-corrected chi connectivity index (χ1v) is 21.1. The fourth-order valence-electron chi connectivity index (χ4n) is 7.86. The van der Waals surface area contributed by atoms with Gasteiger partial charge in [0, 0.05) is 50.1 Å². The molecule has 0 spiro atoms. The summed E-state index contributed by atoms with van der Waals surface area (Å²) in [5.74, 6) is -3.76. The Balaban J connectivity index is 1.45. The number of aromatic amines is 2. The minimum atomic E-state index is -1.53. The lowest BCUT2D eigenvalue weighted by atomic mass is 10.0. The summed E-state index contributed by atoms with van der Waals surface area (Å²) in [7, 11) is 4.78. The van der Waals surface area contributed by atoms with Crippen LogP contribution in [0.1, 0.15) is 36.6 Å². The van der Waals surface area contributed by atoms with Crippen molar-refractivity contribution in [2.75, 3.05) is 27.1 Å². The molecule has 4 aromatic carbocycles. The van der Waals surface area contributed by atoms with Crippen molar-refractivity contribution in [3.8, 4) is 61.8 Å². The van der Waals surface area contributed by atoms with Crippen LogP contribution in [0.15, 0.2) is 102 Å². The van der Waals surface area contributed by atoms with Gasteiger partial charge in [0.1, 0.15) is 17.2 Å². The van der Waals surface area contributed by atoms with E-state index in [-0.39, 0.29) is 28.4 Å². The molecule has 316 valence electrons. The van der Waals surface area contributed by atoms with Gasteiger partial charge in [-0.05, 0) is 108 Å². The molecule has 0 radical (unpaired) electrons. The number of fused-ring (bicyclic) bond motifs is 8. The number of nitrogens with one attached hydrogen (secondary N) is 2. The lowest BCUT2D eigenvalue weighted by Gasteiger charge is -2.13. The van der Waals surface area contributed by atoms with Gasteiger partial charge in [0.15, 0.2) is 23.3 Å². The number of rotatable bonds is 10. The molecule has 5 heterocycles. The third-order valence-corrected chi connectivity index (χ3v) is 12.4. The summed E-state index contributed by atoms with van der Waals surface area (Å²) in [5, 5.41) is 0. The predicted molar refractivity (Wildman–Crippen MR) is 246 cm³/mol. The summed E-state index contributed by atoms with van der Waals surface area (Å²) in [5.41, 5.74) is 7.25. The van der Waals surface area contributed by atoms with Crippen molar-refractivity contribution in [3.63, 3.8) is 0 Å². The zero-order valence-electron chi connectivity index (χ0n) is 34.9. The molecule has 0 fully saturated rings. The van der Waals surface area contributed by atoms with Gasteiger partial charge in [-0.25, -0.2) is 27.5 Å². The molecule has 0 amide bonds. The monoisotopic (exact) mass is 864 g/mol. The lowest BCUT2D eigenvalue weighted by molar-refractivity contribution is 0.415. The molecule has 0 atom stereocenters. The maximum atomic E-state index is 16.7. The van der Waals surface area contributed by atoms with Crippen molar-refractivity contribution in [1.82, 2.24) is 19.9 Å². The first kappa shape index (κ1) is 41.3. The summed E-state index contributed by atoms with van der Waals surface area (Å²) in [4.78, 5) is 16.5. The normalized spacial score (nSPS) is 12.0. The second-order valence-corrected chi connectivity index (χ2v) is 16.4. The highest BCUT2D eigenvalue weighted by atomic mass is 32.2. The molecular formula is C51H40F4N4O3S. The number of halogens is 4. The number of nitrogens with zero attached hydrogens (tertiary/aromatic N) is 2. The molecule has 63 heavy (non-hydrogen) atoms. The molecule has 7 aromatic rings. The minimum absolute atomic E-state index is 0.00862. The summed E-state index contributed by atoms with van der Waals surface area (Å²) < 4.78 is 81.9. The van der Waals surface area contributed by atoms with Gasteiger partial charge in [0.05, 0.1) is 54.6 Å². The van der Waals surface area contributed by atoms with E-state index in [1.54, 1.807) is 45.6 Å². The van der Waals surface area contributed by atoms with Crippen molar-refractivity contribution >= 4 is 58.1 Å². The van der Waals surface area contributed by atoms with Gasteiger partial charge < -0.3 is 24.2 Å². The fraction of sp³-hybridized carbons (Fsp3) is 0.137. The van der Waals surface area contributed by atoms with Crippen LogP contribution in [-0.4, -0.2) is 47.0 Å². The highest BCUT2D eigenvalue weighted by Gasteiger charge is 2.30. The predicted octanol–water partition coefficient (Wildman–Crippen LogP) is 13.7. The molecule has 9 rings (SSSR count). The van der Waals surface area contributed by atoms with Crippen molar-refractivity contribution in [1.29, 1.82) is 0 Å². The van der Waals surface area contributed by atoms with Gasteiger partial charge in [0.25, 0.3) is 0 Å². The zero-order chi connectivity index (χ0) is 43.9. The number of H-pyrrole nitrogens is 2. The molecule has 12 heteroatoms. The van der Waals surface area contributed by atoms with Gasteiger partial charge in [0.2, 0.25) is 0 Å². The SMILES string of the molecule is COc1ccc(-c2c3nc(c(-c4ccc(OC)cc4)c4ccc([nH]4)c(-c4c(F)c(F)c(SCC(C)C)c(F)c4F)c4nc(c(-c5ccc(OC)cc5)c5ccc2[nH]5)C=C4)C=C3)cc1. The molecular weight excluding hydrogens is 825 g/mol. The fourth-order valence-corrected chi connectivity index (χ4v) is 8.79. The average molecular weight is 865 g/mol. The van der Waals surface area contributed by atoms with Gasteiger partial charge in [-0.2, -0.15) is 0 Å². The van der Waals surface area contributed by atoms with Crippen LogP contribution in [0.3, 0.4) is 0 Å². The molecule has 3 aromatic heterocycles. The molecule has 0 saturated heterocycles. The smallest absolute Gasteiger partial charge is 0.176 e. The van der Waals surface area contributed by atoms with Gasteiger partial charge in [-0.1, -0.05) is 50.2 Å². The Kier molecular flexibility index (Phi) is 11.2. The van der Waals surface area contributed by atoms with Crippen LogP contribution >= 0.6 is 11.8 Å². The van der Waals surface area contributed by atoms with Crippen LogP contribution in [0.5, 0.6) is 17.2 Å². The Morgan fingerprint density at radius 3 is 1.08 bits per heavy atom. The standard InChI is InChI=1S/C51H40F4N4O3S/c1-27(2)26-63-51-49(54)47(52)46(48(53)50(51)55)45-40-24-22-38(58-40)43(29-8-14-32(61-4)15-9-29)36-20-18-34(56-36)42(28-6-12-31(60-3)13-7-28)35-19-21-37(57-35)44(39-23-25-41(45)59-39)30-10-16-33(62-5)17-11-30/h6-25,27,56,59H,26H2,1-5H3. The Labute approximate surface area is 365 Å². The Morgan fingerprint density at radius 2 is 0.762 bits per heavy atom. The first-order chi connectivity index (χ1) is 30.6. The Hall–Kier alpha value is -7.05. The number of hydrogen-bond acceptors (Lipinski definition) is 6. The Morgan fingerprint density at radius 1 is 0.444 bits per heavy atom. The average Bonchev–Trinajstić information content (AvgIpc) is 4.16. The largest absolute Gasteiger partial charge is 0.497 e. The van der Waals surface area contributed by atoms with E-state index in [0.29, 0.717) is 56.5 Å². The molecule has 0 unspecified atom stereocenters. The van der Waals surface area contributed by atoms with E-state index in [4.69, 9.17) is 24.2 Å². The van der Waals surface area contributed by atoms with E-state index in [0.717, 1.165) is 39.5 Å². The molecule has 0 aliphatic carbocycles. The molecule has 8 bridgehead atoms. The number of methoxy groups -OCH3 is 3. The van der Waals surface area contributed by atoms with Crippen LogP contribution in [0.2, 0.25) is 0 Å². The second-order valence-electron chi connectivity index (χ2n) is 15.4. The Bertz CT molecular complexity index is 3060. The summed E-state index contributed by atoms with van der Waals surface area (Å²) in [6.45, 7) is 3.71. The molecule has 0 saturated carbocycles. The van der Waals surface area contributed by atoms with E-state index >= 15 is 17.6 Å². The topological polar surface area (TPSA) is 85.1 Å². The summed E-state index contributed by atoms with van der Waals surface area (Å²) in [6, 6.07) is 29.8. The minimum Gasteiger partial charge on any atom is -0.497 e. The summed E-state index contributed by atoms with van der Waals surface area (Å²) in [6.07, 6.45) is 7.16. The molecule has 2 aliphatic heterocycles. The maximum Gasteiger partial charge on any atom is 0.176 e. The number of benzene rings is 4. The van der Waals surface area contributed by atoms with Gasteiger partial charge in [-0.3, -0.25) is 0 Å². The van der Waals surface area contributed by atoms with Crippen molar-refractivity contribution in [2.24, 2.45) is 5.92 Å². The lowest BCUT2D eigenvalue weighted by Crippen LogP contribution is -2.05. The van der Waals surface area contributed by atoms with E-state index < -0.39 is 33.7 Å². The third-order valence-electron chi connectivity index (χ3n) is 10.9.